The second-order valence-corrected chi connectivity index (χ2v) is 10.0. The van der Waals surface area contributed by atoms with Gasteiger partial charge in [0.05, 0.1) is 5.56 Å². The Bertz CT molecular complexity index is 898. The van der Waals surface area contributed by atoms with E-state index in [2.05, 4.69) is 9.64 Å². The molecule has 0 N–H and O–H groups in total. The largest absolute Gasteiger partial charge is 0.437 e. The van der Waals surface area contributed by atoms with Crippen LogP contribution in [-0.2, 0) is 17.5 Å². The van der Waals surface area contributed by atoms with Crippen LogP contribution in [0.25, 0.3) is 0 Å². The number of hydrogen-bond donors (Lipinski definition) is 0. The van der Waals surface area contributed by atoms with Gasteiger partial charge in [-0.3, -0.25) is 4.90 Å². The van der Waals surface area contributed by atoms with Gasteiger partial charge in [-0.05, 0) is 56.6 Å². The maximum atomic E-state index is 13.8. The van der Waals surface area contributed by atoms with Gasteiger partial charge in [0.2, 0.25) is 0 Å². The number of piperidine rings is 2. The molecule has 196 valence electrons. The number of carbonyl (C=O) groups is 1. The number of anilines is 1. The Hall–Kier alpha value is -2.17. The first kappa shape index (κ1) is 25.9. The number of hydrogen-bond acceptors (Lipinski definition) is 4. The van der Waals surface area contributed by atoms with E-state index in [1.807, 2.05) is 4.90 Å². The Balaban J connectivity index is 1.37. The highest BCUT2D eigenvalue weighted by atomic mass is 19.4. The molecule has 1 amide bonds. The third-order valence-corrected chi connectivity index (χ3v) is 7.47. The first-order valence-corrected chi connectivity index (χ1v) is 12.1. The van der Waals surface area contributed by atoms with Gasteiger partial charge < -0.3 is 14.5 Å². The van der Waals surface area contributed by atoms with Crippen LogP contribution in [-0.4, -0.2) is 67.4 Å². The fourth-order valence-electron chi connectivity index (χ4n) is 5.45. The van der Waals surface area contributed by atoms with Gasteiger partial charge in [0.1, 0.15) is 0 Å². The van der Waals surface area contributed by atoms with Crippen LogP contribution in [0, 0.1) is 5.41 Å². The number of carbonyl (C=O) groups excluding carboxylic acids is 1. The van der Waals surface area contributed by atoms with Crippen LogP contribution < -0.4 is 4.90 Å². The van der Waals surface area contributed by atoms with E-state index in [1.54, 1.807) is 6.07 Å². The first-order valence-electron chi connectivity index (χ1n) is 12.1. The van der Waals surface area contributed by atoms with Crippen molar-refractivity contribution >= 4 is 11.8 Å². The third kappa shape index (κ3) is 5.81. The lowest BCUT2D eigenvalue weighted by Gasteiger charge is -2.54. The second kappa shape index (κ2) is 9.71. The summed E-state index contributed by atoms with van der Waals surface area (Å²) in [4.78, 5) is 17.4. The number of likely N-dealkylation sites (tertiary alicyclic amines) is 2. The standard InChI is InChI=1S/C24H31F6N3O2/c1-17(23(25,26)27)35-21(34)33-12-8-22(9-13-33)15-31(16-22)14-18-19(24(28,29)30)6-5-7-20(18)32-10-3-2-4-11-32/h5-7,17H,2-4,8-16H2,1H3. The fraction of sp³-hybridized carbons (Fsp3) is 0.708. The van der Waals surface area contributed by atoms with Crippen LogP contribution in [0.5, 0.6) is 0 Å². The molecule has 3 heterocycles. The summed E-state index contributed by atoms with van der Waals surface area (Å²) in [6, 6.07) is 4.39. The number of amides is 1. The zero-order chi connectivity index (χ0) is 25.4. The number of nitrogens with zero attached hydrogens (tertiary/aromatic N) is 3. The Morgan fingerprint density at radius 1 is 1.00 bits per heavy atom. The lowest BCUT2D eigenvalue weighted by Crippen LogP contribution is -2.60. The maximum absolute atomic E-state index is 13.8. The van der Waals surface area contributed by atoms with Crippen LogP contribution in [0.3, 0.4) is 0 Å². The van der Waals surface area contributed by atoms with Crippen molar-refractivity contribution in [2.24, 2.45) is 5.41 Å². The van der Waals surface area contributed by atoms with E-state index in [-0.39, 0.29) is 25.0 Å². The summed E-state index contributed by atoms with van der Waals surface area (Å²) < 4.78 is 84.0. The van der Waals surface area contributed by atoms with Crippen molar-refractivity contribution in [1.82, 2.24) is 9.80 Å². The van der Waals surface area contributed by atoms with Gasteiger partial charge in [0.25, 0.3) is 0 Å². The molecule has 1 aromatic carbocycles. The molecular weight excluding hydrogens is 476 g/mol. The molecule has 0 aliphatic carbocycles. The van der Waals surface area contributed by atoms with Crippen molar-refractivity contribution in [2.45, 2.75) is 64.0 Å². The number of halogens is 6. The molecule has 4 rings (SSSR count). The summed E-state index contributed by atoms with van der Waals surface area (Å²) >= 11 is 0. The minimum absolute atomic E-state index is 0.134. The van der Waals surface area contributed by atoms with E-state index in [1.165, 1.54) is 11.0 Å². The van der Waals surface area contributed by atoms with Crippen molar-refractivity contribution in [3.05, 3.63) is 29.3 Å². The number of benzene rings is 1. The molecule has 11 heteroatoms. The molecule has 1 atom stereocenters. The third-order valence-electron chi connectivity index (χ3n) is 7.47. The van der Waals surface area contributed by atoms with Gasteiger partial charge >= 0.3 is 18.4 Å². The molecule has 3 fully saturated rings. The molecule has 35 heavy (non-hydrogen) atoms. The summed E-state index contributed by atoms with van der Waals surface area (Å²) in [6.07, 6.45) is -8.04. The van der Waals surface area contributed by atoms with Crippen molar-refractivity contribution < 1.29 is 35.9 Å². The van der Waals surface area contributed by atoms with Gasteiger partial charge in [-0.15, -0.1) is 0 Å². The number of alkyl halides is 6. The molecule has 0 bridgehead atoms. The zero-order valence-corrected chi connectivity index (χ0v) is 19.7. The highest BCUT2D eigenvalue weighted by molar-refractivity contribution is 5.68. The predicted octanol–water partition coefficient (Wildman–Crippen LogP) is 5.68. The fourth-order valence-corrected chi connectivity index (χ4v) is 5.45. The SMILES string of the molecule is CC(OC(=O)N1CCC2(CC1)CN(Cc1c(N3CCCCC3)cccc1C(F)(F)F)C2)C(F)(F)F. The molecule has 3 aliphatic heterocycles. The summed E-state index contributed by atoms with van der Waals surface area (Å²) in [5.41, 5.74) is 0.221. The van der Waals surface area contributed by atoms with E-state index in [0.29, 0.717) is 37.2 Å². The van der Waals surface area contributed by atoms with E-state index < -0.39 is 30.1 Å². The normalized spacial score (nSPS) is 22.1. The van der Waals surface area contributed by atoms with Gasteiger partial charge in [0, 0.05) is 57.1 Å². The van der Waals surface area contributed by atoms with E-state index in [4.69, 9.17) is 0 Å². The molecule has 1 unspecified atom stereocenters. The second-order valence-electron chi connectivity index (χ2n) is 10.0. The summed E-state index contributed by atoms with van der Waals surface area (Å²) in [5.74, 6) is 0. The van der Waals surface area contributed by atoms with Gasteiger partial charge in [-0.25, -0.2) is 4.79 Å². The maximum Gasteiger partial charge on any atom is 0.425 e. The highest BCUT2D eigenvalue weighted by Crippen LogP contribution is 2.44. The Kier molecular flexibility index (Phi) is 7.19. The topological polar surface area (TPSA) is 36.0 Å². The van der Waals surface area contributed by atoms with Crippen molar-refractivity contribution in [1.29, 1.82) is 0 Å². The number of rotatable bonds is 4. The Labute approximate surface area is 201 Å². The lowest BCUT2D eigenvalue weighted by molar-refractivity contribution is -0.200. The Morgan fingerprint density at radius 2 is 1.63 bits per heavy atom. The van der Waals surface area contributed by atoms with E-state index in [9.17, 15) is 31.1 Å². The van der Waals surface area contributed by atoms with E-state index >= 15 is 0 Å². The molecule has 0 saturated carbocycles. The van der Waals surface area contributed by atoms with Gasteiger partial charge in [-0.2, -0.15) is 26.3 Å². The molecule has 5 nitrogen and oxygen atoms in total. The van der Waals surface area contributed by atoms with E-state index in [0.717, 1.165) is 45.3 Å². The zero-order valence-electron chi connectivity index (χ0n) is 19.7. The summed E-state index contributed by atoms with van der Waals surface area (Å²) in [5, 5.41) is 0. The molecule has 1 spiro atoms. The Morgan fingerprint density at radius 3 is 2.20 bits per heavy atom. The minimum atomic E-state index is -4.61. The lowest BCUT2D eigenvalue weighted by atomic mass is 9.72. The monoisotopic (exact) mass is 507 g/mol. The molecule has 0 aromatic heterocycles. The average molecular weight is 508 g/mol. The van der Waals surface area contributed by atoms with Crippen LogP contribution in [0.15, 0.2) is 18.2 Å². The smallest absolute Gasteiger partial charge is 0.425 e. The van der Waals surface area contributed by atoms with Crippen LogP contribution in [0.4, 0.5) is 36.8 Å². The summed E-state index contributed by atoms with van der Waals surface area (Å²) in [6.45, 7) is 4.22. The molecule has 1 aromatic rings. The first-order chi connectivity index (χ1) is 16.4. The molecule has 3 aliphatic rings. The molecule has 3 saturated heterocycles. The highest BCUT2D eigenvalue weighted by Gasteiger charge is 2.47. The van der Waals surface area contributed by atoms with Crippen LogP contribution >= 0.6 is 0 Å². The number of ether oxygens (including phenoxy) is 1. The van der Waals surface area contributed by atoms with Gasteiger partial charge in [-0.1, -0.05) is 6.07 Å². The molecular formula is C24H31F6N3O2. The summed E-state index contributed by atoms with van der Waals surface area (Å²) in [7, 11) is 0. The molecule has 0 radical (unpaired) electrons. The van der Waals surface area contributed by atoms with Crippen LogP contribution in [0.2, 0.25) is 0 Å². The van der Waals surface area contributed by atoms with Crippen molar-refractivity contribution in [3.8, 4) is 0 Å². The minimum Gasteiger partial charge on any atom is -0.437 e. The van der Waals surface area contributed by atoms with Gasteiger partial charge in [0.15, 0.2) is 6.10 Å². The predicted molar refractivity (Wildman–Crippen MR) is 118 cm³/mol. The average Bonchev–Trinajstić information content (AvgIpc) is 2.77. The van der Waals surface area contributed by atoms with Crippen molar-refractivity contribution in [3.63, 3.8) is 0 Å². The quantitative estimate of drug-likeness (QED) is 0.492. The van der Waals surface area contributed by atoms with Crippen molar-refractivity contribution in [2.75, 3.05) is 44.2 Å². The van der Waals surface area contributed by atoms with Crippen LogP contribution in [0.1, 0.15) is 50.2 Å².